The zero-order valence-corrected chi connectivity index (χ0v) is 16.1. The van der Waals surface area contributed by atoms with E-state index >= 15 is 0 Å². The Kier molecular flexibility index (Phi) is 5.22. The predicted octanol–water partition coefficient (Wildman–Crippen LogP) is 0.0963. The van der Waals surface area contributed by atoms with Crippen molar-refractivity contribution in [3.05, 3.63) is 10.6 Å². The minimum Gasteiger partial charge on any atom is -0.477 e. The number of nitrogens with one attached hydrogen (secondary N) is 1. The molecule has 0 saturated carbocycles. The highest BCUT2D eigenvalue weighted by Crippen LogP contribution is 2.52. The molecule has 0 aromatic rings. The Labute approximate surface area is 160 Å². The lowest BCUT2D eigenvalue weighted by Crippen LogP contribution is -2.63. The van der Waals surface area contributed by atoms with Gasteiger partial charge in [-0.1, -0.05) is 6.92 Å². The number of likely N-dealkylation sites (tertiary alicyclic amines) is 1. The molecule has 3 N–H and O–H groups in total. The molecule has 2 fully saturated rings. The van der Waals surface area contributed by atoms with Crippen molar-refractivity contribution >= 4 is 35.9 Å². The van der Waals surface area contributed by atoms with E-state index in [9.17, 15) is 24.6 Å². The number of thioether (sulfide) groups is 1. The first-order chi connectivity index (χ1) is 12.7. The zero-order chi connectivity index (χ0) is 20.0. The number of aliphatic carboxylic acids is 1. The van der Waals surface area contributed by atoms with E-state index in [2.05, 4.69) is 0 Å². The van der Waals surface area contributed by atoms with Crippen molar-refractivity contribution in [2.24, 2.45) is 11.8 Å². The molecule has 3 heterocycles. The molecule has 10 heteroatoms. The molecule has 6 atom stereocenters. The molecule has 2 saturated heterocycles. The van der Waals surface area contributed by atoms with Gasteiger partial charge in [0.25, 0.3) is 0 Å². The summed E-state index contributed by atoms with van der Waals surface area (Å²) in [5, 5.41) is 26.9. The molecule has 0 bridgehead atoms. The Morgan fingerprint density at radius 2 is 2.11 bits per heavy atom. The normalized spacial score (nSPS) is 33.6. The molecule has 1 amide bonds. The standard InChI is InChI=1S/C17H23N3O6S/c1-7-12-11(8(2)21)15(22)20(12)13(16(23)24)14(7)27-9-4-10(17(25)26-3)19(5-9)6-18/h6-12,18,21H,4-5H2,1-3H3,(H,23,24)/t7?,8?,9?,10?,11?,12-/m1/s1. The molecule has 5 unspecified atom stereocenters. The Bertz CT molecular complexity index is 723. The van der Waals surface area contributed by atoms with Crippen LogP contribution in [-0.4, -0.2) is 81.3 Å². The summed E-state index contributed by atoms with van der Waals surface area (Å²) < 4.78 is 4.78. The maximum Gasteiger partial charge on any atom is 0.353 e. The fraction of sp³-hybridized carbons (Fsp3) is 0.647. The van der Waals surface area contributed by atoms with Crippen molar-refractivity contribution < 1.29 is 29.3 Å². The summed E-state index contributed by atoms with van der Waals surface area (Å²) in [4.78, 5) is 39.6. The van der Waals surface area contributed by atoms with Gasteiger partial charge in [0, 0.05) is 22.6 Å². The van der Waals surface area contributed by atoms with Crippen molar-refractivity contribution in [2.45, 2.75) is 43.7 Å². The van der Waals surface area contributed by atoms with E-state index in [4.69, 9.17) is 10.1 Å². The van der Waals surface area contributed by atoms with Gasteiger partial charge in [0.15, 0.2) is 0 Å². The number of fused-ring (bicyclic) bond motifs is 1. The predicted molar refractivity (Wildman–Crippen MR) is 96.9 cm³/mol. The summed E-state index contributed by atoms with van der Waals surface area (Å²) in [6.07, 6.45) is 0.672. The quantitative estimate of drug-likeness (QED) is 0.249. The molecular weight excluding hydrogens is 374 g/mol. The van der Waals surface area contributed by atoms with Crippen LogP contribution in [0.3, 0.4) is 0 Å². The number of amides is 1. The summed E-state index contributed by atoms with van der Waals surface area (Å²) in [7, 11) is 1.29. The molecule has 0 aromatic heterocycles. The van der Waals surface area contributed by atoms with Gasteiger partial charge in [-0.15, -0.1) is 11.8 Å². The van der Waals surface area contributed by atoms with Crippen molar-refractivity contribution in [2.75, 3.05) is 13.7 Å². The number of carbonyl (C=O) groups is 3. The number of carbonyl (C=O) groups excluding carboxylic acids is 2. The number of aliphatic hydroxyl groups excluding tert-OH is 1. The number of hydrogen-bond donors (Lipinski definition) is 3. The molecule has 9 nitrogen and oxygen atoms in total. The number of β-lactam (4-membered cyclic amide) rings is 1. The summed E-state index contributed by atoms with van der Waals surface area (Å²) in [5.41, 5.74) is -0.0256. The van der Waals surface area contributed by atoms with Crippen LogP contribution in [0.25, 0.3) is 0 Å². The highest BCUT2D eigenvalue weighted by Gasteiger charge is 2.60. The number of rotatable bonds is 6. The second-order valence-corrected chi connectivity index (χ2v) is 8.45. The summed E-state index contributed by atoms with van der Waals surface area (Å²) in [6.45, 7) is 3.81. The number of carboxylic acid groups (broad SMARTS) is 1. The van der Waals surface area contributed by atoms with Crippen LogP contribution < -0.4 is 0 Å². The fourth-order valence-corrected chi connectivity index (χ4v) is 5.81. The SMILES string of the molecule is COC(=O)C1CC(SC2=C(C(=O)O)N3C(=O)C(C(C)O)[C@H]3C2C)CN1C=N. The Balaban J connectivity index is 1.84. The highest BCUT2D eigenvalue weighted by atomic mass is 32.2. The van der Waals surface area contributed by atoms with Crippen LogP contribution in [0.15, 0.2) is 10.6 Å². The van der Waals surface area contributed by atoms with Crippen LogP contribution in [0.4, 0.5) is 0 Å². The van der Waals surface area contributed by atoms with E-state index in [1.165, 1.54) is 30.7 Å². The molecule has 148 valence electrons. The van der Waals surface area contributed by atoms with Gasteiger partial charge in [0.05, 0.1) is 31.5 Å². The first-order valence-corrected chi connectivity index (χ1v) is 9.60. The second-order valence-electron chi connectivity index (χ2n) is 7.11. The van der Waals surface area contributed by atoms with Crippen molar-refractivity contribution in [1.82, 2.24) is 9.80 Å². The van der Waals surface area contributed by atoms with Crippen LogP contribution in [0.5, 0.6) is 0 Å². The van der Waals surface area contributed by atoms with E-state index in [0.29, 0.717) is 17.9 Å². The van der Waals surface area contributed by atoms with Gasteiger partial charge < -0.3 is 24.7 Å². The van der Waals surface area contributed by atoms with Crippen LogP contribution in [0.2, 0.25) is 0 Å². The Morgan fingerprint density at radius 3 is 2.63 bits per heavy atom. The number of esters is 1. The van der Waals surface area contributed by atoms with Crippen LogP contribution in [-0.2, 0) is 19.1 Å². The Morgan fingerprint density at radius 1 is 1.44 bits per heavy atom. The number of ether oxygens (including phenoxy) is 1. The molecular formula is C17H23N3O6S. The van der Waals surface area contributed by atoms with Gasteiger partial charge in [0.2, 0.25) is 5.91 Å². The molecule has 0 aromatic carbocycles. The molecule has 0 aliphatic carbocycles. The van der Waals surface area contributed by atoms with Gasteiger partial charge >= 0.3 is 11.9 Å². The minimum absolute atomic E-state index is 0.0256. The van der Waals surface area contributed by atoms with Gasteiger partial charge in [-0.25, -0.2) is 9.59 Å². The number of methoxy groups -OCH3 is 1. The lowest BCUT2D eigenvalue weighted by Gasteiger charge is -2.46. The zero-order valence-electron chi connectivity index (χ0n) is 15.3. The van der Waals surface area contributed by atoms with E-state index in [1.54, 1.807) is 4.90 Å². The molecule has 0 spiro atoms. The topological polar surface area (TPSA) is 131 Å². The second kappa shape index (κ2) is 7.16. The highest BCUT2D eigenvalue weighted by molar-refractivity contribution is 8.03. The lowest BCUT2D eigenvalue weighted by atomic mass is 9.79. The third-order valence-corrected chi connectivity index (χ3v) is 7.04. The average Bonchev–Trinajstić information content (AvgIpc) is 3.12. The van der Waals surface area contributed by atoms with Gasteiger partial charge in [-0.3, -0.25) is 10.2 Å². The number of hydrogen-bond acceptors (Lipinski definition) is 7. The van der Waals surface area contributed by atoms with E-state index in [1.807, 2.05) is 6.92 Å². The number of aliphatic hydroxyl groups is 1. The van der Waals surface area contributed by atoms with Crippen molar-refractivity contribution in [3.8, 4) is 0 Å². The Hall–Kier alpha value is -2.07. The van der Waals surface area contributed by atoms with Crippen molar-refractivity contribution in [1.29, 1.82) is 5.41 Å². The van der Waals surface area contributed by atoms with E-state index in [-0.39, 0.29) is 28.8 Å². The molecule has 3 aliphatic rings. The van der Waals surface area contributed by atoms with Gasteiger partial charge in [0.1, 0.15) is 11.7 Å². The monoisotopic (exact) mass is 397 g/mol. The van der Waals surface area contributed by atoms with E-state index in [0.717, 1.165) is 6.34 Å². The van der Waals surface area contributed by atoms with Crippen LogP contribution >= 0.6 is 11.8 Å². The molecule has 27 heavy (non-hydrogen) atoms. The van der Waals surface area contributed by atoms with Gasteiger partial charge in [-0.2, -0.15) is 0 Å². The van der Waals surface area contributed by atoms with Crippen LogP contribution in [0.1, 0.15) is 20.3 Å². The van der Waals surface area contributed by atoms with Crippen molar-refractivity contribution in [3.63, 3.8) is 0 Å². The first kappa shape index (κ1) is 19.7. The smallest absolute Gasteiger partial charge is 0.353 e. The third-order valence-electron chi connectivity index (χ3n) is 5.54. The summed E-state index contributed by atoms with van der Waals surface area (Å²) in [5.74, 6) is -2.78. The summed E-state index contributed by atoms with van der Waals surface area (Å²) in [6, 6.07) is -0.929. The molecule has 3 aliphatic heterocycles. The molecule has 0 radical (unpaired) electrons. The molecule has 3 rings (SSSR count). The fourth-order valence-electron chi connectivity index (χ4n) is 4.28. The van der Waals surface area contributed by atoms with E-state index < -0.39 is 30.0 Å². The third kappa shape index (κ3) is 3.00. The van der Waals surface area contributed by atoms with Crippen LogP contribution in [0, 0.1) is 17.2 Å². The average molecular weight is 397 g/mol. The minimum atomic E-state index is -1.17. The largest absolute Gasteiger partial charge is 0.477 e. The number of nitrogens with zero attached hydrogens (tertiary/aromatic N) is 2. The number of carboxylic acids is 1. The van der Waals surface area contributed by atoms with Gasteiger partial charge in [-0.05, 0) is 13.3 Å². The maximum atomic E-state index is 12.4. The maximum absolute atomic E-state index is 12.4. The first-order valence-electron chi connectivity index (χ1n) is 8.72. The lowest BCUT2D eigenvalue weighted by molar-refractivity contribution is -0.163. The summed E-state index contributed by atoms with van der Waals surface area (Å²) >= 11 is 1.34.